The Morgan fingerprint density at radius 3 is 2.80 bits per heavy atom. The molecule has 1 heterocycles. The van der Waals surface area contributed by atoms with Crippen molar-refractivity contribution in [3.8, 4) is 28.8 Å². The molecule has 0 radical (unpaired) electrons. The Labute approximate surface area is 123 Å². The van der Waals surface area contributed by atoms with Gasteiger partial charge in [0.15, 0.2) is 0 Å². The molecule has 0 amide bonds. The molecule has 0 bridgehead atoms. The normalized spacial score (nSPS) is 9.90. The Kier molecular flexibility index (Phi) is 4.11. The zero-order valence-electron chi connectivity index (χ0n) is 10.6. The monoisotopic (exact) mass is 334 g/mol. The maximum Gasteiger partial charge on any atom is 0.332 e. The van der Waals surface area contributed by atoms with Crippen molar-refractivity contribution >= 4 is 15.9 Å². The van der Waals surface area contributed by atoms with E-state index < -0.39 is 11.2 Å². The van der Waals surface area contributed by atoms with Gasteiger partial charge in [0.1, 0.15) is 5.56 Å². The second kappa shape index (κ2) is 5.80. The first-order chi connectivity index (χ1) is 9.54. The zero-order valence-corrected chi connectivity index (χ0v) is 12.2. The standard InChI is InChI=1S/C14H11BrN2O3/c1-2-3-7-17-13(19)11(12(18)16-14(17)20)9-5-4-6-10(15)8-9/h4-6,8,19H,7H2,1H3,(H,16,18,20). The lowest BCUT2D eigenvalue weighted by Gasteiger charge is -2.09. The van der Waals surface area contributed by atoms with Crippen LogP contribution in [0.25, 0.3) is 11.1 Å². The topological polar surface area (TPSA) is 75.1 Å². The van der Waals surface area contributed by atoms with Gasteiger partial charge >= 0.3 is 5.69 Å². The van der Waals surface area contributed by atoms with E-state index in [1.54, 1.807) is 31.2 Å². The van der Waals surface area contributed by atoms with Gasteiger partial charge in [-0.05, 0) is 24.6 Å². The number of hydrogen-bond acceptors (Lipinski definition) is 3. The van der Waals surface area contributed by atoms with Crippen molar-refractivity contribution in [2.24, 2.45) is 0 Å². The molecule has 0 unspecified atom stereocenters. The first-order valence-corrected chi connectivity index (χ1v) is 6.55. The van der Waals surface area contributed by atoms with Crippen molar-refractivity contribution in [3.63, 3.8) is 0 Å². The highest BCUT2D eigenvalue weighted by Crippen LogP contribution is 2.26. The minimum atomic E-state index is -0.686. The molecular formula is C14H11BrN2O3. The number of benzene rings is 1. The molecule has 1 aromatic carbocycles. The van der Waals surface area contributed by atoms with E-state index in [0.29, 0.717) is 5.56 Å². The minimum absolute atomic E-state index is 0.0128. The highest BCUT2D eigenvalue weighted by molar-refractivity contribution is 9.10. The molecule has 0 aliphatic rings. The van der Waals surface area contributed by atoms with Crippen LogP contribution in [0.2, 0.25) is 0 Å². The lowest BCUT2D eigenvalue weighted by Crippen LogP contribution is -2.30. The number of aromatic amines is 1. The number of nitrogens with one attached hydrogen (secondary N) is 1. The fraction of sp³-hybridized carbons (Fsp3) is 0.143. The second-order valence-corrected chi connectivity index (χ2v) is 4.90. The largest absolute Gasteiger partial charge is 0.494 e. The van der Waals surface area contributed by atoms with Gasteiger partial charge < -0.3 is 5.11 Å². The van der Waals surface area contributed by atoms with E-state index in [0.717, 1.165) is 9.04 Å². The van der Waals surface area contributed by atoms with E-state index in [1.165, 1.54) is 0 Å². The maximum absolute atomic E-state index is 11.9. The van der Waals surface area contributed by atoms with E-state index in [9.17, 15) is 14.7 Å². The summed E-state index contributed by atoms with van der Waals surface area (Å²) in [7, 11) is 0. The Bertz CT molecular complexity index is 825. The van der Waals surface area contributed by atoms with Crippen molar-refractivity contribution in [1.82, 2.24) is 9.55 Å². The maximum atomic E-state index is 11.9. The van der Waals surface area contributed by atoms with Crippen LogP contribution in [0, 0.1) is 11.8 Å². The average Bonchev–Trinajstić information content (AvgIpc) is 2.38. The van der Waals surface area contributed by atoms with Gasteiger partial charge in [-0.2, -0.15) is 0 Å². The van der Waals surface area contributed by atoms with Gasteiger partial charge in [0, 0.05) is 4.47 Å². The highest BCUT2D eigenvalue weighted by Gasteiger charge is 2.15. The zero-order chi connectivity index (χ0) is 14.7. The summed E-state index contributed by atoms with van der Waals surface area (Å²) in [5, 5.41) is 10.2. The van der Waals surface area contributed by atoms with Crippen LogP contribution in [0.3, 0.4) is 0 Å². The van der Waals surface area contributed by atoms with Crippen LogP contribution in [0.15, 0.2) is 38.3 Å². The van der Waals surface area contributed by atoms with Gasteiger partial charge in [0.2, 0.25) is 5.88 Å². The van der Waals surface area contributed by atoms with Gasteiger partial charge in [-0.25, -0.2) is 4.79 Å². The molecule has 0 spiro atoms. The summed E-state index contributed by atoms with van der Waals surface area (Å²) in [6, 6.07) is 6.90. The van der Waals surface area contributed by atoms with Crippen LogP contribution in [0.1, 0.15) is 6.92 Å². The molecule has 0 aliphatic heterocycles. The number of H-pyrrole nitrogens is 1. The molecular weight excluding hydrogens is 324 g/mol. The Hall–Kier alpha value is -2.26. The van der Waals surface area contributed by atoms with Crippen molar-refractivity contribution in [3.05, 3.63) is 49.6 Å². The van der Waals surface area contributed by atoms with Crippen molar-refractivity contribution < 1.29 is 5.11 Å². The quantitative estimate of drug-likeness (QED) is 0.821. The number of aromatic nitrogens is 2. The van der Waals surface area contributed by atoms with Crippen molar-refractivity contribution in [1.29, 1.82) is 0 Å². The predicted octanol–water partition coefficient (Wildman–Crippen LogP) is 1.69. The Morgan fingerprint density at radius 2 is 2.15 bits per heavy atom. The summed E-state index contributed by atoms with van der Waals surface area (Å²) in [5.74, 6) is 4.92. The molecule has 6 heteroatoms. The van der Waals surface area contributed by atoms with Crippen LogP contribution in [0.5, 0.6) is 5.88 Å². The van der Waals surface area contributed by atoms with Gasteiger partial charge in [0.05, 0.1) is 6.54 Å². The van der Waals surface area contributed by atoms with Gasteiger partial charge in [-0.1, -0.05) is 34.0 Å². The number of halogens is 1. The van der Waals surface area contributed by atoms with Crippen molar-refractivity contribution in [2.45, 2.75) is 13.5 Å². The second-order valence-electron chi connectivity index (χ2n) is 3.98. The summed E-state index contributed by atoms with van der Waals surface area (Å²) in [6.45, 7) is 1.64. The van der Waals surface area contributed by atoms with Crippen LogP contribution < -0.4 is 11.2 Å². The molecule has 0 saturated carbocycles. The molecule has 2 aromatic rings. The van der Waals surface area contributed by atoms with Crippen molar-refractivity contribution in [2.75, 3.05) is 0 Å². The molecule has 2 N–H and O–H groups in total. The predicted molar refractivity (Wildman–Crippen MR) is 79.6 cm³/mol. The summed E-state index contributed by atoms with van der Waals surface area (Å²) in [6.07, 6.45) is 0. The van der Waals surface area contributed by atoms with E-state index in [2.05, 4.69) is 32.8 Å². The third-order valence-electron chi connectivity index (χ3n) is 2.70. The Balaban J connectivity index is 2.73. The summed E-state index contributed by atoms with van der Waals surface area (Å²) < 4.78 is 1.79. The number of rotatable bonds is 2. The highest BCUT2D eigenvalue weighted by atomic mass is 79.9. The van der Waals surface area contributed by atoms with Crippen LogP contribution in [-0.2, 0) is 6.54 Å². The van der Waals surface area contributed by atoms with E-state index in [4.69, 9.17) is 0 Å². The molecule has 0 fully saturated rings. The minimum Gasteiger partial charge on any atom is -0.494 e. The first-order valence-electron chi connectivity index (χ1n) is 5.76. The average molecular weight is 335 g/mol. The third-order valence-corrected chi connectivity index (χ3v) is 3.19. The first kappa shape index (κ1) is 14.2. The Morgan fingerprint density at radius 1 is 1.40 bits per heavy atom. The summed E-state index contributed by atoms with van der Waals surface area (Å²) in [5.41, 5.74) is -0.763. The molecule has 0 atom stereocenters. The fourth-order valence-corrected chi connectivity index (χ4v) is 2.17. The SMILES string of the molecule is CC#CCn1c(O)c(-c2cccc(Br)c2)c(=O)[nH]c1=O. The van der Waals surface area contributed by atoms with Gasteiger partial charge in [-0.3, -0.25) is 14.3 Å². The molecule has 102 valence electrons. The van der Waals surface area contributed by atoms with Gasteiger partial charge in [0.25, 0.3) is 5.56 Å². The van der Waals surface area contributed by atoms with E-state index in [-0.39, 0.29) is 18.0 Å². The lowest BCUT2D eigenvalue weighted by molar-refractivity contribution is 0.415. The number of nitrogens with zero attached hydrogens (tertiary/aromatic N) is 1. The summed E-state index contributed by atoms with van der Waals surface area (Å²) in [4.78, 5) is 25.8. The van der Waals surface area contributed by atoms with E-state index in [1.807, 2.05) is 0 Å². The molecule has 0 saturated heterocycles. The van der Waals surface area contributed by atoms with E-state index >= 15 is 0 Å². The third kappa shape index (κ3) is 2.68. The van der Waals surface area contributed by atoms with Crippen LogP contribution in [-0.4, -0.2) is 14.7 Å². The van der Waals surface area contributed by atoms with Crippen LogP contribution >= 0.6 is 15.9 Å². The fourth-order valence-electron chi connectivity index (χ4n) is 1.77. The lowest BCUT2D eigenvalue weighted by atomic mass is 10.1. The molecule has 5 nitrogen and oxygen atoms in total. The van der Waals surface area contributed by atoms with Gasteiger partial charge in [-0.15, -0.1) is 5.92 Å². The molecule has 20 heavy (non-hydrogen) atoms. The molecule has 2 rings (SSSR count). The van der Waals surface area contributed by atoms with Crippen LogP contribution in [0.4, 0.5) is 0 Å². The number of aromatic hydroxyl groups is 1. The number of hydrogen-bond donors (Lipinski definition) is 2. The molecule has 1 aromatic heterocycles. The molecule has 0 aliphatic carbocycles. The smallest absolute Gasteiger partial charge is 0.332 e. The summed E-state index contributed by atoms with van der Waals surface area (Å²) >= 11 is 3.30.